The Morgan fingerprint density at radius 3 is 1.86 bits per heavy atom. The zero-order valence-corrected chi connectivity index (χ0v) is 19.7. The third-order valence-electron chi connectivity index (χ3n) is 6.87. The minimum atomic E-state index is -1.42. The zero-order chi connectivity index (χ0) is 26.0. The van der Waals surface area contributed by atoms with Crippen LogP contribution >= 0.6 is 0 Å². The summed E-state index contributed by atoms with van der Waals surface area (Å²) >= 11 is 0. The molecule has 3 rings (SSSR count). The maximum absolute atomic E-state index is 11.1. The number of nitrogens with two attached hydrogens (primary N) is 5. The molecule has 0 unspecified atom stereocenters. The molecule has 15 nitrogen and oxygen atoms in total. The Balaban J connectivity index is 1.71. The summed E-state index contributed by atoms with van der Waals surface area (Å²) in [5, 5.41) is 52.2. The summed E-state index contributed by atoms with van der Waals surface area (Å²) in [6, 6.07) is -3.78. The average Bonchev–Trinajstić information content (AvgIpc) is 2.83. The van der Waals surface area contributed by atoms with Gasteiger partial charge in [0.05, 0.1) is 18.7 Å². The van der Waals surface area contributed by atoms with Crippen LogP contribution in [0.5, 0.6) is 0 Å². The number of aliphatic hydroxyl groups excluding tert-OH is 5. The minimum Gasteiger partial charge on any atom is -0.389 e. The van der Waals surface area contributed by atoms with E-state index >= 15 is 0 Å². The van der Waals surface area contributed by atoms with E-state index in [1.54, 1.807) is 6.92 Å². The predicted octanol–water partition coefficient (Wildman–Crippen LogP) is -6.28. The van der Waals surface area contributed by atoms with E-state index in [0.717, 1.165) is 0 Å². The lowest BCUT2D eigenvalue weighted by atomic mass is 9.84. The van der Waals surface area contributed by atoms with Gasteiger partial charge >= 0.3 is 0 Å². The molecule has 2 aliphatic heterocycles. The third kappa shape index (κ3) is 6.11. The van der Waals surface area contributed by atoms with Crippen molar-refractivity contribution >= 4 is 0 Å². The van der Waals surface area contributed by atoms with Crippen molar-refractivity contribution in [1.82, 2.24) is 0 Å². The van der Waals surface area contributed by atoms with Gasteiger partial charge < -0.3 is 77.9 Å². The Hall–Kier alpha value is -0.600. The molecule has 3 aliphatic rings. The molecule has 0 aromatic heterocycles. The van der Waals surface area contributed by atoms with E-state index in [2.05, 4.69) is 0 Å². The van der Waals surface area contributed by atoms with Crippen molar-refractivity contribution in [3.63, 3.8) is 0 Å². The fourth-order valence-corrected chi connectivity index (χ4v) is 4.67. The Kier molecular flexibility index (Phi) is 10.2. The Labute approximate surface area is 203 Å². The number of hydrogen-bond acceptors (Lipinski definition) is 15. The molecule has 35 heavy (non-hydrogen) atoms. The van der Waals surface area contributed by atoms with Crippen LogP contribution in [0.3, 0.4) is 0 Å². The predicted molar refractivity (Wildman–Crippen MR) is 119 cm³/mol. The van der Waals surface area contributed by atoms with Gasteiger partial charge in [-0.2, -0.15) is 0 Å². The van der Waals surface area contributed by atoms with Crippen LogP contribution in [-0.4, -0.2) is 137 Å². The van der Waals surface area contributed by atoms with Crippen LogP contribution in [0.1, 0.15) is 13.3 Å². The number of rotatable bonds is 8. The standard InChI is InChI=1S/C20H41N5O10/c1-2-31-5-9-12(26)10(24)15(29)20(33-9)35-18-7(23)3-6(22)17(16(18)30)34-19-11(25)14(28)13(27)8(4-21)32-19/h6-20,26-30H,2-5,21-25H2,1H3/t6-,7+,8+,9+,10-,11+,12+,13+,14+,15+,16-,17+,18-,19+,20+/m0/s1. The minimum absolute atomic E-state index is 0.0151. The van der Waals surface area contributed by atoms with Gasteiger partial charge in [-0.15, -0.1) is 0 Å². The number of ether oxygens (including phenoxy) is 5. The monoisotopic (exact) mass is 511 g/mol. The highest BCUT2D eigenvalue weighted by atomic mass is 16.7. The molecule has 0 amide bonds. The average molecular weight is 512 g/mol. The van der Waals surface area contributed by atoms with Gasteiger partial charge in [0.1, 0.15) is 54.9 Å². The third-order valence-corrected chi connectivity index (χ3v) is 6.87. The van der Waals surface area contributed by atoms with E-state index in [9.17, 15) is 25.5 Å². The Morgan fingerprint density at radius 2 is 1.29 bits per heavy atom. The van der Waals surface area contributed by atoms with E-state index in [1.165, 1.54) is 0 Å². The summed E-state index contributed by atoms with van der Waals surface area (Å²) in [6.45, 7) is 2.06. The lowest BCUT2D eigenvalue weighted by Crippen LogP contribution is -2.69. The summed E-state index contributed by atoms with van der Waals surface area (Å²) in [5.41, 5.74) is 29.9. The molecule has 0 radical (unpaired) electrons. The highest BCUT2D eigenvalue weighted by Crippen LogP contribution is 2.31. The van der Waals surface area contributed by atoms with Gasteiger partial charge in [-0.25, -0.2) is 0 Å². The normalized spacial score (nSPS) is 51.3. The van der Waals surface area contributed by atoms with Crippen LogP contribution in [0, 0.1) is 0 Å². The van der Waals surface area contributed by atoms with Crippen molar-refractivity contribution in [2.75, 3.05) is 19.8 Å². The number of aliphatic hydroxyl groups is 5. The molecular formula is C20H41N5O10. The van der Waals surface area contributed by atoms with Crippen LogP contribution in [0.25, 0.3) is 0 Å². The first kappa shape index (κ1) is 29.0. The Bertz CT molecular complexity index is 668. The largest absolute Gasteiger partial charge is 0.389 e. The van der Waals surface area contributed by atoms with Crippen molar-refractivity contribution < 1.29 is 49.2 Å². The highest BCUT2D eigenvalue weighted by Gasteiger charge is 2.51. The fourth-order valence-electron chi connectivity index (χ4n) is 4.67. The molecule has 1 saturated carbocycles. The van der Waals surface area contributed by atoms with Gasteiger partial charge in [0, 0.05) is 25.2 Å². The van der Waals surface area contributed by atoms with Crippen LogP contribution in [0.4, 0.5) is 0 Å². The quantitative estimate of drug-likeness (QED) is 0.145. The lowest BCUT2D eigenvalue weighted by molar-refractivity contribution is -0.319. The summed E-state index contributed by atoms with van der Waals surface area (Å²) in [6.07, 6.45) is -13.2. The van der Waals surface area contributed by atoms with Crippen LogP contribution in [-0.2, 0) is 23.7 Å². The van der Waals surface area contributed by atoms with E-state index in [0.29, 0.717) is 6.61 Å². The summed E-state index contributed by atoms with van der Waals surface area (Å²) in [7, 11) is 0. The van der Waals surface area contributed by atoms with E-state index in [4.69, 9.17) is 52.4 Å². The van der Waals surface area contributed by atoms with Crippen molar-refractivity contribution in [2.45, 2.75) is 105 Å². The van der Waals surface area contributed by atoms with Gasteiger partial charge in [0.25, 0.3) is 0 Å². The molecule has 0 bridgehead atoms. The molecule has 2 saturated heterocycles. The van der Waals surface area contributed by atoms with Gasteiger partial charge in [0.2, 0.25) is 0 Å². The molecule has 15 atom stereocenters. The molecule has 15 heteroatoms. The van der Waals surface area contributed by atoms with E-state index in [-0.39, 0.29) is 19.6 Å². The molecule has 2 heterocycles. The van der Waals surface area contributed by atoms with Gasteiger partial charge in [-0.1, -0.05) is 0 Å². The van der Waals surface area contributed by atoms with E-state index in [1.807, 2.05) is 0 Å². The van der Waals surface area contributed by atoms with Gasteiger partial charge in [-0.3, -0.25) is 0 Å². The first-order valence-electron chi connectivity index (χ1n) is 11.8. The molecule has 0 spiro atoms. The molecule has 0 aromatic carbocycles. The van der Waals surface area contributed by atoms with Gasteiger partial charge in [0.15, 0.2) is 12.6 Å². The lowest BCUT2D eigenvalue weighted by Gasteiger charge is -2.48. The van der Waals surface area contributed by atoms with Crippen LogP contribution in [0.2, 0.25) is 0 Å². The molecule has 1 aliphatic carbocycles. The maximum atomic E-state index is 11.1. The SMILES string of the molecule is CCOC[C@H]1O[C@H](O[C@@H]2[C@@H](O)[C@H](O[C@H]3O[C@H](CN)[C@@H](O)[C@H](O)[C@H]3N)[C@@H](N)C[C@H]2N)[C@H](O)[C@@H](N)[C@@H]1O. The Morgan fingerprint density at radius 1 is 0.714 bits per heavy atom. The molecule has 15 N–H and O–H groups in total. The van der Waals surface area contributed by atoms with Crippen LogP contribution < -0.4 is 28.7 Å². The highest BCUT2D eigenvalue weighted by molar-refractivity contribution is 5.01. The zero-order valence-electron chi connectivity index (χ0n) is 19.7. The second-order valence-corrected chi connectivity index (χ2v) is 9.35. The smallest absolute Gasteiger partial charge is 0.186 e. The second kappa shape index (κ2) is 12.3. The molecular weight excluding hydrogens is 470 g/mol. The number of hydrogen-bond donors (Lipinski definition) is 10. The van der Waals surface area contributed by atoms with Crippen LogP contribution in [0.15, 0.2) is 0 Å². The van der Waals surface area contributed by atoms with Crippen molar-refractivity contribution in [3.8, 4) is 0 Å². The maximum Gasteiger partial charge on any atom is 0.186 e. The summed E-state index contributed by atoms with van der Waals surface area (Å²) in [4.78, 5) is 0. The molecule has 0 aromatic rings. The van der Waals surface area contributed by atoms with Crippen molar-refractivity contribution in [3.05, 3.63) is 0 Å². The van der Waals surface area contributed by atoms with Crippen molar-refractivity contribution in [2.24, 2.45) is 28.7 Å². The first-order chi connectivity index (χ1) is 16.5. The van der Waals surface area contributed by atoms with Crippen molar-refractivity contribution in [1.29, 1.82) is 0 Å². The second-order valence-electron chi connectivity index (χ2n) is 9.35. The topological polar surface area (TPSA) is 277 Å². The first-order valence-corrected chi connectivity index (χ1v) is 11.8. The summed E-state index contributed by atoms with van der Waals surface area (Å²) < 4.78 is 28.3. The molecule has 206 valence electrons. The molecule has 3 fully saturated rings. The van der Waals surface area contributed by atoms with E-state index < -0.39 is 91.7 Å². The summed E-state index contributed by atoms with van der Waals surface area (Å²) in [5.74, 6) is 0. The van der Waals surface area contributed by atoms with Gasteiger partial charge in [-0.05, 0) is 13.3 Å². The fraction of sp³-hybridized carbons (Fsp3) is 1.00.